The Balaban J connectivity index is 2.86. The zero-order valence-electron chi connectivity index (χ0n) is 10.8. The van der Waals surface area contributed by atoms with Gasteiger partial charge in [-0.2, -0.15) is 0 Å². The molecule has 1 aromatic carbocycles. The van der Waals surface area contributed by atoms with Gasteiger partial charge in [0.15, 0.2) is 0 Å². The van der Waals surface area contributed by atoms with E-state index in [9.17, 15) is 0 Å². The molecule has 0 heterocycles. The van der Waals surface area contributed by atoms with Gasteiger partial charge in [-0.05, 0) is 44.7 Å². The molecule has 0 aliphatic carbocycles. The van der Waals surface area contributed by atoms with Crippen molar-refractivity contribution >= 4 is 0 Å². The summed E-state index contributed by atoms with van der Waals surface area (Å²) in [5.74, 6) is 1.59. The first-order valence-corrected chi connectivity index (χ1v) is 6.02. The minimum absolute atomic E-state index is 0.561. The SMILES string of the molecule is C/C=C\C(C)Cc1cc(C)ccc1OCC. The van der Waals surface area contributed by atoms with Crippen LogP contribution < -0.4 is 4.74 Å². The van der Waals surface area contributed by atoms with Crippen molar-refractivity contribution in [1.29, 1.82) is 0 Å². The van der Waals surface area contributed by atoms with E-state index in [4.69, 9.17) is 4.74 Å². The largest absolute Gasteiger partial charge is 0.494 e. The van der Waals surface area contributed by atoms with Crippen molar-refractivity contribution in [2.24, 2.45) is 5.92 Å². The molecule has 1 atom stereocenters. The van der Waals surface area contributed by atoms with Crippen LogP contribution in [0.3, 0.4) is 0 Å². The van der Waals surface area contributed by atoms with Gasteiger partial charge in [0.1, 0.15) is 5.75 Å². The Morgan fingerprint density at radius 3 is 2.75 bits per heavy atom. The third kappa shape index (κ3) is 3.73. The molecule has 0 N–H and O–H groups in total. The standard InChI is InChI=1S/C15H22O/c1-5-7-12(3)10-14-11-13(4)8-9-15(14)16-6-2/h5,7-9,11-12H,6,10H2,1-4H3/b7-5-. The van der Waals surface area contributed by atoms with Gasteiger partial charge in [-0.25, -0.2) is 0 Å². The molecule has 1 unspecified atom stereocenters. The first-order chi connectivity index (χ1) is 7.67. The van der Waals surface area contributed by atoms with E-state index in [0.29, 0.717) is 5.92 Å². The van der Waals surface area contributed by atoms with E-state index in [1.165, 1.54) is 11.1 Å². The summed E-state index contributed by atoms with van der Waals surface area (Å²) in [6.45, 7) is 9.18. The molecule has 0 radical (unpaired) electrons. The third-order valence-electron chi connectivity index (χ3n) is 2.58. The monoisotopic (exact) mass is 218 g/mol. The maximum Gasteiger partial charge on any atom is 0.122 e. The first kappa shape index (κ1) is 12.8. The number of hydrogen-bond acceptors (Lipinski definition) is 1. The van der Waals surface area contributed by atoms with Gasteiger partial charge in [0.05, 0.1) is 6.61 Å². The summed E-state index contributed by atoms with van der Waals surface area (Å²) in [6, 6.07) is 6.41. The summed E-state index contributed by atoms with van der Waals surface area (Å²) in [7, 11) is 0. The Morgan fingerprint density at radius 1 is 1.38 bits per heavy atom. The zero-order valence-corrected chi connectivity index (χ0v) is 10.8. The lowest BCUT2D eigenvalue weighted by atomic mass is 9.98. The van der Waals surface area contributed by atoms with Gasteiger partial charge >= 0.3 is 0 Å². The fourth-order valence-electron chi connectivity index (χ4n) is 1.91. The third-order valence-corrected chi connectivity index (χ3v) is 2.58. The molecule has 0 spiro atoms. The number of allylic oxidation sites excluding steroid dienone is 2. The predicted octanol–water partition coefficient (Wildman–Crippen LogP) is 4.15. The molecule has 0 saturated heterocycles. The Bertz CT molecular complexity index is 352. The molecule has 88 valence electrons. The number of aryl methyl sites for hydroxylation is 1. The number of hydrogen-bond donors (Lipinski definition) is 0. The molecule has 1 aromatic rings. The Morgan fingerprint density at radius 2 is 2.12 bits per heavy atom. The van der Waals surface area contributed by atoms with Gasteiger partial charge in [0, 0.05) is 0 Å². The highest BCUT2D eigenvalue weighted by atomic mass is 16.5. The summed E-state index contributed by atoms with van der Waals surface area (Å²) in [5, 5.41) is 0. The average molecular weight is 218 g/mol. The van der Waals surface area contributed by atoms with Gasteiger partial charge in [0.2, 0.25) is 0 Å². The summed E-state index contributed by atoms with van der Waals surface area (Å²) < 4.78 is 5.65. The van der Waals surface area contributed by atoms with E-state index in [0.717, 1.165) is 18.8 Å². The second kappa shape index (κ2) is 6.37. The Kier molecular flexibility index (Phi) is 5.10. The second-order valence-corrected chi connectivity index (χ2v) is 4.25. The normalized spacial score (nSPS) is 13.0. The van der Waals surface area contributed by atoms with E-state index in [1.807, 2.05) is 6.92 Å². The van der Waals surface area contributed by atoms with Gasteiger partial charge in [-0.1, -0.05) is 36.8 Å². The summed E-state index contributed by atoms with van der Waals surface area (Å²) >= 11 is 0. The predicted molar refractivity (Wildman–Crippen MR) is 70.0 cm³/mol. The molecule has 16 heavy (non-hydrogen) atoms. The Labute approximate surface area is 99.1 Å². The van der Waals surface area contributed by atoms with Crippen LogP contribution in [-0.4, -0.2) is 6.61 Å². The minimum atomic E-state index is 0.561. The van der Waals surface area contributed by atoms with Gasteiger partial charge in [-0.3, -0.25) is 0 Å². The quantitative estimate of drug-likeness (QED) is 0.675. The Hall–Kier alpha value is -1.24. The number of ether oxygens (including phenoxy) is 1. The van der Waals surface area contributed by atoms with Crippen LogP contribution in [0.5, 0.6) is 5.75 Å². The lowest BCUT2D eigenvalue weighted by Gasteiger charge is -2.13. The average Bonchev–Trinajstić information content (AvgIpc) is 2.22. The molecule has 0 aliphatic heterocycles. The molecule has 1 nitrogen and oxygen atoms in total. The van der Waals surface area contributed by atoms with E-state index in [2.05, 4.69) is 51.1 Å². The fraction of sp³-hybridized carbons (Fsp3) is 0.467. The van der Waals surface area contributed by atoms with Crippen molar-refractivity contribution in [3.8, 4) is 5.75 Å². The molecule has 0 saturated carbocycles. The van der Waals surface area contributed by atoms with Crippen molar-refractivity contribution in [3.05, 3.63) is 41.5 Å². The van der Waals surface area contributed by atoms with E-state index in [-0.39, 0.29) is 0 Å². The zero-order chi connectivity index (χ0) is 12.0. The lowest BCUT2D eigenvalue weighted by Crippen LogP contribution is -2.01. The molecule has 0 aromatic heterocycles. The summed E-state index contributed by atoms with van der Waals surface area (Å²) in [4.78, 5) is 0. The molecule has 0 aliphatic rings. The summed E-state index contributed by atoms with van der Waals surface area (Å²) in [6.07, 6.45) is 5.39. The van der Waals surface area contributed by atoms with Crippen molar-refractivity contribution in [3.63, 3.8) is 0 Å². The van der Waals surface area contributed by atoms with Gasteiger partial charge in [-0.15, -0.1) is 0 Å². The molecular weight excluding hydrogens is 196 g/mol. The van der Waals surface area contributed by atoms with Gasteiger partial charge in [0.25, 0.3) is 0 Å². The van der Waals surface area contributed by atoms with Crippen LogP contribution in [-0.2, 0) is 6.42 Å². The van der Waals surface area contributed by atoms with Crippen molar-refractivity contribution in [1.82, 2.24) is 0 Å². The number of rotatable bonds is 5. The highest BCUT2D eigenvalue weighted by Gasteiger charge is 2.06. The van der Waals surface area contributed by atoms with Crippen molar-refractivity contribution in [2.45, 2.75) is 34.1 Å². The highest BCUT2D eigenvalue weighted by Crippen LogP contribution is 2.23. The molecule has 1 rings (SSSR count). The van der Waals surface area contributed by atoms with Crippen LogP contribution in [0, 0.1) is 12.8 Å². The maximum absolute atomic E-state index is 5.65. The van der Waals surface area contributed by atoms with E-state index in [1.54, 1.807) is 0 Å². The lowest BCUT2D eigenvalue weighted by molar-refractivity contribution is 0.335. The van der Waals surface area contributed by atoms with Crippen LogP contribution in [0.4, 0.5) is 0 Å². The second-order valence-electron chi connectivity index (χ2n) is 4.25. The molecule has 0 amide bonds. The molecule has 0 fully saturated rings. The van der Waals surface area contributed by atoms with Gasteiger partial charge < -0.3 is 4.74 Å². The molecule has 0 bridgehead atoms. The smallest absolute Gasteiger partial charge is 0.122 e. The van der Waals surface area contributed by atoms with Crippen LogP contribution in [0.25, 0.3) is 0 Å². The minimum Gasteiger partial charge on any atom is -0.494 e. The number of benzene rings is 1. The van der Waals surface area contributed by atoms with E-state index >= 15 is 0 Å². The van der Waals surface area contributed by atoms with Crippen LogP contribution in [0.1, 0.15) is 31.9 Å². The van der Waals surface area contributed by atoms with E-state index < -0.39 is 0 Å². The molecule has 1 heteroatoms. The topological polar surface area (TPSA) is 9.23 Å². The van der Waals surface area contributed by atoms with Crippen molar-refractivity contribution in [2.75, 3.05) is 6.61 Å². The summed E-state index contributed by atoms with van der Waals surface area (Å²) in [5.41, 5.74) is 2.61. The van der Waals surface area contributed by atoms with Crippen LogP contribution >= 0.6 is 0 Å². The van der Waals surface area contributed by atoms with Crippen molar-refractivity contribution < 1.29 is 4.74 Å². The first-order valence-electron chi connectivity index (χ1n) is 6.02. The van der Waals surface area contributed by atoms with Crippen LogP contribution in [0.2, 0.25) is 0 Å². The highest BCUT2D eigenvalue weighted by molar-refractivity contribution is 5.37. The fourth-order valence-corrected chi connectivity index (χ4v) is 1.91. The molecular formula is C15H22O. The van der Waals surface area contributed by atoms with Crippen LogP contribution in [0.15, 0.2) is 30.4 Å². The maximum atomic E-state index is 5.65.